The van der Waals surface area contributed by atoms with E-state index in [-0.39, 0.29) is 11.6 Å². The molecule has 1 heterocycles. The zero-order chi connectivity index (χ0) is 10.8. The van der Waals surface area contributed by atoms with Gasteiger partial charge in [-0.2, -0.15) is 0 Å². The SMILES string of the molecule is Nc1[nH]c(=O)cc(-c2ccccc2)[n+]1[O-]. The molecule has 0 aliphatic carbocycles. The molecular formula is C10H9N3O2. The maximum Gasteiger partial charge on any atom is 0.356 e. The van der Waals surface area contributed by atoms with Crippen molar-refractivity contribution in [1.29, 1.82) is 0 Å². The van der Waals surface area contributed by atoms with Crippen molar-refractivity contribution in [2.45, 2.75) is 0 Å². The summed E-state index contributed by atoms with van der Waals surface area (Å²) in [6.45, 7) is 0. The average molecular weight is 203 g/mol. The van der Waals surface area contributed by atoms with Crippen molar-refractivity contribution < 1.29 is 4.73 Å². The summed E-state index contributed by atoms with van der Waals surface area (Å²) in [6, 6.07) is 10.1. The van der Waals surface area contributed by atoms with Crippen LogP contribution in [0, 0.1) is 5.21 Å². The Morgan fingerprint density at radius 3 is 2.60 bits per heavy atom. The monoisotopic (exact) mass is 203 g/mol. The molecule has 2 rings (SSSR count). The molecule has 0 atom stereocenters. The molecule has 5 nitrogen and oxygen atoms in total. The molecule has 3 N–H and O–H groups in total. The van der Waals surface area contributed by atoms with Crippen LogP contribution in [0.5, 0.6) is 0 Å². The molecule has 0 bridgehead atoms. The minimum atomic E-state index is -0.390. The fourth-order valence-corrected chi connectivity index (χ4v) is 1.34. The molecule has 2 aromatic rings. The Balaban J connectivity index is 2.68. The van der Waals surface area contributed by atoms with Crippen LogP contribution in [-0.4, -0.2) is 4.98 Å². The minimum Gasteiger partial charge on any atom is -0.740 e. The standard InChI is InChI=1S/C10H9N3O2/c11-10-12-9(14)6-8(13(10)15)7-4-2-1-3-5-7/h1-6H,(H3,11,12,14). The summed E-state index contributed by atoms with van der Waals surface area (Å²) in [6.07, 6.45) is 0. The van der Waals surface area contributed by atoms with Gasteiger partial charge in [-0.05, 0) is 0 Å². The van der Waals surface area contributed by atoms with E-state index in [1.54, 1.807) is 24.3 Å². The van der Waals surface area contributed by atoms with Crippen LogP contribution in [0.15, 0.2) is 41.2 Å². The number of aromatic nitrogens is 2. The second-order valence-electron chi connectivity index (χ2n) is 3.06. The first-order valence-electron chi connectivity index (χ1n) is 4.36. The van der Waals surface area contributed by atoms with E-state index in [4.69, 9.17) is 5.73 Å². The second kappa shape index (κ2) is 3.45. The highest BCUT2D eigenvalue weighted by Crippen LogP contribution is 2.12. The molecule has 0 radical (unpaired) electrons. The molecule has 0 fully saturated rings. The van der Waals surface area contributed by atoms with Crippen molar-refractivity contribution in [2.24, 2.45) is 0 Å². The molecule has 0 saturated carbocycles. The van der Waals surface area contributed by atoms with Crippen molar-refractivity contribution in [3.63, 3.8) is 0 Å². The van der Waals surface area contributed by atoms with Gasteiger partial charge in [0.05, 0.1) is 6.07 Å². The molecule has 0 aliphatic rings. The van der Waals surface area contributed by atoms with Gasteiger partial charge in [0.1, 0.15) is 5.69 Å². The Labute approximate surface area is 85.4 Å². The maximum absolute atomic E-state index is 11.5. The topological polar surface area (TPSA) is 85.8 Å². The maximum atomic E-state index is 11.5. The van der Waals surface area contributed by atoms with Crippen LogP contribution in [0.4, 0.5) is 5.95 Å². The fraction of sp³-hybridized carbons (Fsp3) is 0. The van der Waals surface area contributed by atoms with E-state index in [2.05, 4.69) is 4.98 Å². The third-order valence-electron chi connectivity index (χ3n) is 2.03. The van der Waals surface area contributed by atoms with Gasteiger partial charge in [0.25, 0.3) is 0 Å². The number of nitrogens with one attached hydrogen (secondary N) is 1. The predicted molar refractivity (Wildman–Crippen MR) is 55.9 cm³/mol. The van der Waals surface area contributed by atoms with Crippen LogP contribution >= 0.6 is 0 Å². The third kappa shape index (κ3) is 1.67. The molecule has 0 aliphatic heterocycles. The lowest BCUT2D eigenvalue weighted by molar-refractivity contribution is -0.581. The zero-order valence-electron chi connectivity index (χ0n) is 7.81. The lowest BCUT2D eigenvalue weighted by Crippen LogP contribution is -2.37. The number of nitrogens with two attached hydrogens (primary N) is 1. The molecule has 5 heteroatoms. The van der Waals surface area contributed by atoms with Crippen LogP contribution in [-0.2, 0) is 0 Å². The number of anilines is 1. The first-order valence-corrected chi connectivity index (χ1v) is 4.36. The molecule has 15 heavy (non-hydrogen) atoms. The van der Waals surface area contributed by atoms with Gasteiger partial charge in [0.15, 0.2) is 0 Å². The van der Waals surface area contributed by atoms with Crippen molar-refractivity contribution in [1.82, 2.24) is 4.98 Å². The predicted octanol–water partition coefficient (Wildman–Crippen LogP) is 0.257. The normalized spacial score (nSPS) is 10.1. The molecule has 1 aromatic heterocycles. The van der Waals surface area contributed by atoms with E-state index in [0.717, 1.165) is 0 Å². The largest absolute Gasteiger partial charge is 0.740 e. The van der Waals surface area contributed by atoms with E-state index in [0.29, 0.717) is 10.3 Å². The number of nitrogens with zero attached hydrogens (tertiary/aromatic N) is 1. The van der Waals surface area contributed by atoms with Crippen LogP contribution in [0.1, 0.15) is 0 Å². The van der Waals surface area contributed by atoms with Gasteiger partial charge in [0, 0.05) is 5.56 Å². The van der Waals surface area contributed by atoms with E-state index < -0.39 is 5.56 Å². The number of H-pyrrole nitrogens is 1. The Bertz CT molecular complexity index is 534. The first-order chi connectivity index (χ1) is 7.18. The molecule has 0 unspecified atom stereocenters. The summed E-state index contributed by atoms with van der Waals surface area (Å²) in [5.74, 6) is -0.207. The van der Waals surface area contributed by atoms with E-state index in [1.807, 2.05) is 6.07 Å². The van der Waals surface area contributed by atoms with Crippen molar-refractivity contribution >= 4 is 5.95 Å². The van der Waals surface area contributed by atoms with Crippen molar-refractivity contribution in [2.75, 3.05) is 5.73 Å². The second-order valence-corrected chi connectivity index (χ2v) is 3.06. The van der Waals surface area contributed by atoms with Crippen LogP contribution < -0.4 is 16.0 Å². The van der Waals surface area contributed by atoms with Gasteiger partial charge >= 0.3 is 11.5 Å². The highest BCUT2D eigenvalue weighted by Gasteiger charge is 2.07. The van der Waals surface area contributed by atoms with Crippen LogP contribution in [0.25, 0.3) is 11.3 Å². The summed E-state index contributed by atoms with van der Waals surface area (Å²) >= 11 is 0. The lowest BCUT2D eigenvalue weighted by Gasteiger charge is -2.11. The van der Waals surface area contributed by atoms with Gasteiger partial charge in [0.2, 0.25) is 0 Å². The zero-order valence-corrected chi connectivity index (χ0v) is 7.81. The van der Waals surface area contributed by atoms with Gasteiger partial charge in [-0.3, -0.25) is 10.5 Å². The molecule has 76 valence electrons. The smallest absolute Gasteiger partial charge is 0.356 e. The number of rotatable bonds is 1. The Morgan fingerprint density at radius 1 is 1.27 bits per heavy atom. The van der Waals surface area contributed by atoms with E-state index in [9.17, 15) is 10.0 Å². The summed E-state index contributed by atoms with van der Waals surface area (Å²) in [5, 5.41) is 11.5. The van der Waals surface area contributed by atoms with E-state index >= 15 is 0 Å². The van der Waals surface area contributed by atoms with Crippen LogP contribution in [0.2, 0.25) is 0 Å². The Kier molecular flexibility index (Phi) is 2.13. The summed E-state index contributed by atoms with van der Waals surface area (Å²) in [4.78, 5) is 13.4. The van der Waals surface area contributed by atoms with Gasteiger partial charge in [-0.25, -0.2) is 9.71 Å². The average Bonchev–Trinajstić information content (AvgIpc) is 2.24. The highest BCUT2D eigenvalue weighted by molar-refractivity contribution is 5.55. The number of benzene rings is 1. The molecule has 0 amide bonds. The minimum absolute atomic E-state index is 0.207. The number of hydrogen-bond donors (Lipinski definition) is 2. The summed E-state index contributed by atoms with van der Waals surface area (Å²) in [7, 11) is 0. The summed E-state index contributed by atoms with van der Waals surface area (Å²) < 4.78 is 0.497. The van der Waals surface area contributed by atoms with Gasteiger partial charge in [-0.15, -0.1) is 0 Å². The van der Waals surface area contributed by atoms with Gasteiger partial charge in [-0.1, -0.05) is 30.3 Å². The van der Waals surface area contributed by atoms with E-state index in [1.165, 1.54) is 6.07 Å². The first kappa shape index (κ1) is 9.26. The molecular weight excluding hydrogens is 194 g/mol. The summed E-state index contributed by atoms with van der Waals surface area (Å²) in [5.41, 5.74) is 5.87. The van der Waals surface area contributed by atoms with Crippen molar-refractivity contribution in [3.8, 4) is 11.3 Å². The molecule has 0 spiro atoms. The fourth-order valence-electron chi connectivity index (χ4n) is 1.34. The van der Waals surface area contributed by atoms with Gasteiger partial charge < -0.3 is 5.21 Å². The lowest BCUT2D eigenvalue weighted by atomic mass is 10.1. The van der Waals surface area contributed by atoms with Crippen molar-refractivity contribution in [3.05, 3.63) is 52.0 Å². The van der Waals surface area contributed by atoms with Crippen LogP contribution in [0.3, 0.4) is 0 Å². The molecule has 1 aromatic carbocycles. The number of nitrogen functional groups attached to an aromatic ring is 1. The highest BCUT2D eigenvalue weighted by atomic mass is 16.5. The molecule has 0 saturated heterocycles. The number of hydrogen-bond acceptors (Lipinski definition) is 3. The Hall–Kier alpha value is -2.30. The third-order valence-corrected chi connectivity index (χ3v) is 2.03. The Morgan fingerprint density at radius 2 is 1.93 bits per heavy atom. The quantitative estimate of drug-likeness (QED) is 0.514. The number of aromatic amines is 1.